The van der Waals surface area contributed by atoms with Crippen molar-refractivity contribution in [3.8, 4) is 29.1 Å². The number of fused-ring (bicyclic) bond motifs is 2. The van der Waals surface area contributed by atoms with Gasteiger partial charge in [-0.2, -0.15) is 15.2 Å². The van der Waals surface area contributed by atoms with E-state index >= 15 is 0 Å². The van der Waals surface area contributed by atoms with E-state index in [1.54, 1.807) is 12.1 Å². The van der Waals surface area contributed by atoms with Crippen molar-refractivity contribution in [2.24, 2.45) is 0 Å². The number of aromatic nitrogens is 3. The second kappa shape index (κ2) is 11.8. The van der Waals surface area contributed by atoms with Crippen molar-refractivity contribution >= 4 is 33.5 Å². The SMILES string of the molecule is C=C(F)C(=O)N1CCN(c2nc(OCC3CCCN3C)nc3nc(-c4cc(O)cc5ccccc45)ccc23)CC1CC#N. The standard InChI is InChI=1S/C32H32FN7O3/c1-20(33)31(42)40-15-14-39(18-22(40)11-12-34)30-26-9-10-28(27-17-24(41)16-21-6-3-4-8-25(21)27)35-29(26)36-32(37-30)43-19-23-7-5-13-38(23)2/h3-4,6,8-10,16-17,22-23,41H,1,5,7,11,13-15,18-19H2,2H3. The van der Waals surface area contributed by atoms with Crippen molar-refractivity contribution in [2.75, 3.05) is 44.7 Å². The molecule has 1 amide bonds. The van der Waals surface area contributed by atoms with Gasteiger partial charge in [-0.25, -0.2) is 9.37 Å². The molecule has 0 saturated carbocycles. The molecule has 4 aromatic rings. The van der Waals surface area contributed by atoms with Crippen LogP contribution in [0.1, 0.15) is 19.3 Å². The molecular formula is C32H32FN7O3. The summed E-state index contributed by atoms with van der Waals surface area (Å²) in [5, 5.41) is 22.4. The van der Waals surface area contributed by atoms with Gasteiger partial charge in [0.05, 0.1) is 29.6 Å². The number of phenolic OH excluding ortho intramolecular Hbond substituents is 1. The van der Waals surface area contributed by atoms with E-state index in [1.807, 2.05) is 41.3 Å². The molecule has 0 aliphatic carbocycles. The number of anilines is 1. The zero-order valence-corrected chi connectivity index (χ0v) is 23.9. The summed E-state index contributed by atoms with van der Waals surface area (Å²) >= 11 is 0. The average molecular weight is 582 g/mol. The third-order valence-electron chi connectivity index (χ3n) is 8.32. The lowest BCUT2D eigenvalue weighted by atomic mass is 10.0. The lowest BCUT2D eigenvalue weighted by Gasteiger charge is -2.41. The molecule has 2 aromatic heterocycles. The number of carbonyl (C=O) groups is 1. The summed E-state index contributed by atoms with van der Waals surface area (Å²) in [4.78, 5) is 32.5. The second-order valence-electron chi connectivity index (χ2n) is 11.1. The summed E-state index contributed by atoms with van der Waals surface area (Å²) in [6.45, 7) is 5.41. The van der Waals surface area contributed by atoms with Crippen LogP contribution in [0.5, 0.6) is 11.8 Å². The zero-order valence-electron chi connectivity index (χ0n) is 23.9. The van der Waals surface area contributed by atoms with Gasteiger partial charge in [0.1, 0.15) is 18.2 Å². The molecule has 0 spiro atoms. The van der Waals surface area contributed by atoms with Crippen molar-refractivity contribution in [3.05, 3.63) is 60.9 Å². The lowest BCUT2D eigenvalue weighted by Crippen LogP contribution is -2.55. The van der Waals surface area contributed by atoms with Crippen LogP contribution in [0.2, 0.25) is 0 Å². The van der Waals surface area contributed by atoms with Crippen LogP contribution in [-0.2, 0) is 4.79 Å². The van der Waals surface area contributed by atoms with Gasteiger partial charge in [0.2, 0.25) is 0 Å². The molecule has 2 fully saturated rings. The first-order chi connectivity index (χ1) is 20.8. The smallest absolute Gasteiger partial charge is 0.320 e. The Morgan fingerprint density at radius 2 is 1.95 bits per heavy atom. The average Bonchev–Trinajstić information content (AvgIpc) is 3.42. The molecule has 4 heterocycles. The first kappa shape index (κ1) is 28.3. The number of aromatic hydroxyl groups is 1. The van der Waals surface area contributed by atoms with E-state index in [1.165, 1.54) is 4.90 Å². The fourth-order valence-electron chi connectivity index (χ4n) is 6.05. The van der Waals surface area contributed by atoms with E-state index < -0.39 is 17.8 Å². The Hall–Kier alpha value is -4.82. The van der Waals surface area contributed by atoms with Crippen molar-refractivity contribution in [1.29, 1.82) is 5.26 Å². The lowest BCUT2D eigenvalue weighted by molar-refractivity contribution is -0.131. The van der Waals surface area contributed by atoms with Crippen molar-refractivity contribution in [1.82, 2.24) is 24.8 Å². The number of ether oxygens (including phenoxy) is 1. The van der Waals surface area contributed by atoms with Gasteiger partial charge in [-0.15, -0.1) is 0 Å². The van der Waals surface area contributed by atoms with Crippen LogP contribution >= 0.6 is 0 Å². The first-order valence-electron chi connectivity index (χ1n) is 14.3. The molecule has 11 heteroatoms. The van der Waals surface area contributed by atoms with Gasteiger partial charge < -0.3 is 24.5 Å². The maximum absolute atomic E-state index is 13.8. The molecule has 2 aromatic carbocycles. The fraction of sp³-hybridized carbons (Fsp3) is 0.344. The van der Waals surface area contributed by atoms with Crippen LogP contribution in [0.25, 0.3) is 33.1 Å². The Bertz CT molecular complexity index is 1760. The number of hydrogen-bond acceptors (Lipinski definition) is 9. The predicted octanol–water partition coefficient (Wildman–Crippen LogP) is 4.44. The maximum atomic E-state index is 13.8. The van der Waals surface area contributed by atoms with Gasteiger partial charge in [-0.3, -0.25) is 4.79 Å². The number of amides is 1. The van der Waals surface area contributed by atoms with E-state index in [-0.39, 0.29) is 37.3 Å². The number of nitrogens with zero attached hydrogens (tertiary/aromatic N) is 7. The van der Waals surface area contributed by atoms with Gasteiger partial charge in [0.15, 0.2) is 11.5 Å². The molecule has 2 aliphatic heterocycles. The van der Waals surface area contributed by atoms with Crippen molar-refractivity contribution < 1.29 is 19.0 Å². The fourth-order valence-corrected chi connectivity index (χ4v) is 6.05. The molecule has 2 unspecified atom stereocenters. The molecule has 43 heavy (non-hydrogen) atoms. The number of likely N-dealkylation sites (N-methyl/N-ethyl adjacent to an activating group) is 1. The zero-order chi connectivity index (χ0) is 30.1. The molecule has 6 rings (SSSR count). The Labute approximate surface area is 248 Å². The molecule has 10 nitrogen and oxygen atoms in total. The Morgan fingerprint density at radius 1 is 1.12 bits per heavy atom. The van der Waals surface area contributed by atoms with E-state index in [4.69, 9.17) is 19.7 Å². The largest absolute Gasteiger partial charge is 0.508 e. The quantitative estimate of drug-likeness (QED) is 0.316. The minimum atomic E-state index is -1.05. The first-order valence-corrected chi connectivity index (χ1v) is 14.3. The molecular weight excluding hydrogens is 549 g/mol. The molecule has 2 saturated heterocycles. The van der Waals surface area contributed by atoms with Gasteiger partial charge >= 0.3 is 6.01 Å². The molecule has 2 atom stereocenters. The van der Waals surface area contributed by atoms with Crippen LogP contribution in [0, 0.1) is 11.3 Å². The van der Waals surface area contributed by atoms with Crippen LogP contribution in [0.3, 0.4) is 0 Å². The highest BCUT2D eigenvalue weighted by atomic mass is 19.1. The summed E-state index contributed by atoms with van der Waals surface area (Å²) in [7, 11) is 2.07. The minimum absolute atomic E-state index is 0.0306. The number of pyridine rings is 1. The summed E-state index contributed by atoms with van der Waals surface area (Å²) in [5.74, 6) is -1.15. The topological polar surface area (TPSA) is 119 Å². The highest BCUT2D eigenvalue weighted by molar-refractivity contribution is 5.98. The third-order valence-corrected chi connectivity index (χ3v) is 8.32. The molecule has 2 aliphatic rings. The molecule has 220 valence electrons. The number of benzene rings is 2. The van der Waals surface area contributed by atoms with E-state index in [0.29, 0.717) is 35.7 Å². The van der Waals surface area contributed by atoms with Crippen LogP contribution in [0.4, 0.5) is 10.2 Å². The summed E-state index contributed by atoms with van der Waals surface area (Å²) in [5.41, 5.74) is 1.81. The number of nitriles is 1. The number of carbonyl (C=O) groups excluding carboxylic acids is 1. The molecule has 1 N–H and O–H groups in total. The van der Waals surface area contributed by atoms with Crippen LogP contribution in [0.15, 0.2) is 60.9 Å². The minimum Gasteiger partial charge on any atom is -0.508 e. The number of piperazine rings is 1. The maximum Gasteiger partial charge on any atom is 0.320 e. The van der Waals surface area contributed by atoms with E-state index in [2.05, 4.69) is 24.6 Å². The third kappa shape index (κ3) is 5.66. The predicted molar refractivity (Wildman–Crippen MR) is 161 cm³/mol. The second-order valence-corrected chi connectivity index (χ2v) is 11.1. The Morgan fingerprint density at radius 3 is 2.72 bits per heavy atom. The Kier molecular flexibility index (Phi) is 7.78. The highest BCUT2D eigenvalue weighted by Crippen LogP contribution is 2.35. The van der Waals surface area contributed by atoms with E-state index in [9.17, 15) is 19.6 Å². The van der Waals surface area contributed by atoms with Gasteiger partial charge in [-0.1, -0.05) is 30.8 Å². The number of likely N-dealkylation sites (tertiary alicyclic amines) is 1. The summed E-state index contributed by atoms with van der Waals surface area (Å²) in [6, 6.07) is 16.9. The van der Waals surface area contributed by atoms with Gasteiger partial charge in [-0.05, 0) is 61.5 Å². The van der Waals surface area contributed by atoms with Crippen LogP contribution < -0.4 is 9.64 Å². The summed E-state index contributed by atoms with van der Waals surface area (Å²) < 4.78 is 19.9. The van der Waals surface area contributed by atoms with Gasteiger partial charge in [0.25, 0.3) is 5.91 Å². The molecule has 0 bridgehead atoms. The van der Waals surface area contributed by atoms with Gasteiger partial charge in [0, 0.05) is 31.2 Å². The van der Waals surface area contributed by atoms with Crippen molar-refractivity contribution in [2.45, 2.75) is 31.3 Å². The number of hydrogen-bond donors (Lipinski definition) is 1. The van der Waals surface area contributed by atoms with Crippen molar-refractivity contribution in [3.63, 3.8) is 0 Å². The number of halogens is 1. The number of phenols is 1. The van der Waals surface area contributed by atoms with E-state index in [0.717, 1.165) is 35.7 Å². The normalized spacial score (nSPS) is 19.1. The van der Waals surface area contributed by atoms with Crippen LogP contribution in [-0.4, -0.2) is 87.7 Å². The summed E-state index contributed by atoms with van der Waals surface area (Å²) in [6.07, 6.45) is 2.16. The molecule has 0 radical (unpaired) electrons. The number of rotatable bonds is 7. The Balaban J connectivity index is 1.41. The highest BCUT2D eigenvalue weighted by Gasteiger charge is 2.33. The monoisotopic (exact) mass is 581 g/mol.